The third-order valence-electron chi connectivity index (χ3n) is 4.82. The average molecular weight is 383 g/mol. The fourth-order valence-electron chi connectivity index (χ4n) is 3.41. The van der Waals surface area contributed by atoms with Crippen molar-refractivity contribution in [1.82, 2.24) is 10.3 Å². The zero-order chi connectivity index (χ0) is 18.8. The second-order valence-corrected chi connectivity index (χ2v) is 7.65. The van der Waals surface area contributed by atoms with E-state index in [4.69, 9.17) is 10.5 Å². The van der Waals surface area contributed by atoms with Crippen molar-refractivity contribution in [2.24, 2.45) is 5.73 Å². The zero-order valence-corrected chi connectivity index (χ0v) is 15.5. The molecule has 3 aromatic rings. The monoisotopic (exact) mass is 383 g/mol. The van der Waals surface area contributed by atoms with Gasteiger partial charge in [0.15, 0.2) is 0 Å². The van der Waals surface area contributed by atoms with E-state index < -0.39 is 5.91 Å². The molecule has 1 fully saturated rings. The molecular weight excluding hydrogens is 362 g/mol. The number of nitrogens with two attached hydrogens (primary N) is 1. The lowest BCUT2D eigenvalue weighted by Gasteiger charge is -2.31. The van der Waals surface area contributed by atoms with Crippen LogP contribution in [0.4, 0.5) is 0 Å². The highest BCUT2D eigenvalue weighted by Crippen LogP contribution is 2.39. The topological polar surface area (TPSA) is 97.5 Å². The van der Waals surface area contributed by atoms with Crippen LogP contribution in [0.1, 0.15) is 23.2 Å². The molecule has 27 heavy (non-hydrogen) atoms. The number of hydrogen-bond acceptors (Lipinski definition) is 6. The van der Waals surface area contributed by atoms with E-state index in [1.165, 1.54) is 17.5 Å². The lowest BCUT2D eigenvalue weighted by Crippen LogP contribution is -2.49. The molecule has 7 heteroatoms. The van der Waals surface area contributed by atoms with Crippen molar-refractivity contribution in [1.29, 1.82) is 0 Å². The smallest absolute Gasteiger partial charge is 0.251 e. The lowest BCUT2D eigenvalue weighted by molar-refractivity contribution is 0.0811. The van der Waals surface area contributed by atoms with Crippen LogP contribution >= 0.6 is 11.3 Å². The number of hydrogen-bond donors (Lipinski definition) is 3. The number of fused-ring (bicyclic) bond motifs is 1. The Morgan fingerprint density at radius 1 is 1.37 bits per heavy atom. The van der Waals surface area contributed by atoms with Gasteiger partial charge in [0.2, 0.25) is 5.88 Å². The second kappa shape index (κ2) is 7.64. The second-order valence-electron chi connectivity index (χ2n) is 6.60. The number of nitrogens with zero attached hydrogens (tertiary/aromatic N) is 1. The van der Waals surface area contributed by atoms with Crippen molar-refractivity contribution in [2.45, 2.75) is 25.0 Å². The molecule has 2 atom stereocenters. The molecule has 4 N–H and O–H groups in total. The van der Waals surface area contributed by atoms with E-state index in [1.807, 2.05) is 36.4 Å². The number of ether oxygens (including phenoxy) is 1. The number of primary amides is 1. The molecule has 6 nitrogen and oxygen atoms in total. The fraction of sp³-hybridized carbons (Fsp3) is 0.300. The molecule has 0 spiro atoms. The molecule has 1 saturated heterocycles. The first-order chi connectivity index (χ1) is 13.2. The number of aliphatic hydroxyl groups excluding tert-OH is 1. The van der Waals surface area contributed by atoms with Gasteiger partial charge >= 0.3 is 0 Å². The molecule has 0 radical (unpaired) electrons. The van der Waals surface area contributed by atoms with Crippen LogP contribution in [0.2, 0.25) is 0 Å². The summed E-state index contributed by atoms with van der Waals surface area (Å²) >= 11 is 1.50. The predicted molar refractivity (Wildman–Crippen MR) is 106 cm³/mol. The van der Waals surface area contributed by atoms with Crippen molar-refractivity contribution >= 4 is 27.3 Å². The number of thiophene rings is 1. The molecule has 4 rings (SSSR count). The standard InChI is InChI=1S/C20H21N3O3S/c21-19(25)14-10-23-20(26-16-7-4-8-22-15(16)11-24)13-9-17(27-18(13)14)12-5-2-1-3-6-12/h1-3,5-6,9-10,15-16,22,24H,4,7-8,11H2,(H2,21,25). The Bertz CT molecular complexity index is 958. The molecule has 1 amide bonds. The van der Waals surface area contributed by atoms with Gasteiger partial charge in [-0.05, 0) is 31.0 Å². The Balaban J connectivity index is 1.78. The van der Waals surface area contributed by atoms with Crippen LogP contribution in [0.25, 0.3) is 20.5 Å². The van der Waals surface area contributed by atoms with E-state index >= 15 is 0 Å². The summed E-state index contributed by atoms with van der Waals surface area (Å²) in [5.74, 6) is -0.0336. The minimum atomic E-state index is -0.506. The minimum absolute atomic E-state index is 0.00603. The number of carbonyl (C=O) groups is 1. The van der Waals surface area contributed by atoms with Crippen LogP contribution in [0.3, 0.4) is 0 Å². The summed E-state index contributed by atoms with van der Waals surface area (Å²) in [6.45, 7) is 0.872. The molecule has 1 aliphatic heterocycles. The van der Waals surface area contributed by atoms with E-state index in [1.54, 1.807) is 0 Å². The van der Waals surface area contributed by atoms with Gasteiger partial charge in [0.1, 0.15) is 6.10 Å². The maximum Gasteiger partial charge on any atom is 0.251 e. The number of rotatable bonds is 5. The van der Waals surface area contributed by atoms with Gasteiger partial charge in [0, 0.05) is 11.1 Å². The van der Waals surface area contributed by atoms with Gasteiger partial charge < -0.3 is 20.9 Å². The van der Waals surface area contributed by atoms with Crippen molar-refractivity contribution in [3.8, 4) is 16.3 Å². The Labute approximate surface area is 161 Å². The maximum absolute atomic E-state index is 11.9. The number of nitrogens with one attached hydrogen (secondary N) is 1. The molecule has 2 unspecified atom stereocenters. The number of piperidine rings is 1. The van der Waals surface area contributed by atoms with E-state index in [-0.39, 0.29) is 18.8 Å². The number of amides is 1. The Hall–Kier alpha value is -2.48. The van der Waals surface area contributed by atoms with Gasteiger partial charge in [-0.3, -0.25) is 4.79 Å². The highest BCUT2D eigenvalue weighted by Gasteiger charge is 2.27. The summed E-state index contributed by atoms with van der Waals surface area (Å²) in [6, 6.07) is 11.8. The van der Waals surface area contributed by atoms with E-state index in [0.29, 0.717) is 11.4 Å². The summed E-state index contributed by atoms with van der Waals surface area (Å²) in [5.41, 5.74) is 7.01. The van der Waals surface area contributed by atoms with Crippen molar-refractivity contribution in [3.05, 3.63) is 48.2 Å². The van der Waals surface area contributed by atoms with Gasteiger partial charge in [-0.25, -0.2) is 4.98 Å². The first-order valence-corrected chi connectivity index (χ1v) is 9.77. The number of aromatic nitrogens is 1. The van der Waals surface area contributed by atoms with E-state index in [0.717, 1.165) is 39.9 Å². The third kappa shape index (κ3) is 3.53. The molecular formula is C20H21N3O3S. The highest BCUT2D eigenvalue weighted by atomic mass is 32.1. The molecule has 0 bridgehead atoms. The number of benzene rings is 1. The fourth-order valence-corrected chi connectivity index (χ4v) is 4.58. The summed E-state index contributed by atoms with van der Waals surface area (Å²) in [7, 11) is 0. The van der Waals surface area contributed by atoms with Crippen molar-refractivity contribution in [2.75, 3.05) is 13.2 Å². The van der Waals surface area contributed by atoms with E-state index in [2.05, 4.69) is 10.3 Å². The summed E-state index contributed by atoms with van der Waals surface area (Å²) in [4.78, 5) is 17.3. The normalized spacial score (nSPS) is 19.9. The Morgan fingerprint density at radius 3 is 2.93 bits per heavy atom. The summed E-state index contributed by atoms with van der Waals surface area (Å²) < 4.78 is 6.95. The Kier molecular flexibility index (Phi) is 5.07. The molecule has 1 aromatic carbocycles. The van der Waals surface area contributed by atoms with Gasteiger partial charge in [-0.1, -0.05) is 30.3 Å². The van der Waals surface area contributed by atoms with Crippen LogP contribution in [0.5, 0.6) is 5.88 Å². The quantitative estimate of drug-likeness (QED) is 0.629. The summed E-state index contributed by atoms with van der Waals surface area (Å²) in [6.07, 6.45) is 3.13. The highest BCUT2D eigenvalue weighted by molar-refractivity contribution is 7.22. The molecule has 3 heterocycles. The van der Waals surface area contributed by atoms with Crippen molar-refractivity contribution < 1.29 is 14.6 Å². The molecule has 1 aliphatic rings. The van der Waals surface area contributed by atoms with Crippen LogP contribution in [0.15, 0.2) is 42.6 Å². The lowest BCUT2D eigenvalue weighted by atomic mass is 10.0. The summed E-state index contributed by atoms with van der Waals surface area (Å²) in [5, 5.41) is 13.6. The van der Waals surface area contributed by atoms with Crippen molar-refractivity contribution in [3.63, 3.8) is 0 Å². The third-order valence-corrected chi connectivity index (χ3v) is 6.04. The number of carbonyl (C=O) groups excluding carboxylic acids is 1. The van der Waals surface area contributed by atoms with Crippen LogP contribution < -0.4 is 15.8 Å². The van der Waals surface area contributed by atoms with Gasteiger partial charge in [-0.2, -0.15) is 0 Å². The van der Waals surface area contributed by atoms with Gasteiger partial charge in [0.05, 0.1) is 28.3 Å². The zero-order valence-electron chi connectivity index (χ0n) is 14.7. The van der Waals surface area contributed by atoms with Crippen LogP contribution in [-0.2, 0) is 0 Å². The van der Waals surface area contributed by atoms with Gasteiger partial charge in [0.25, 0.3) is 5.91 Å². The SMILES string of the molecule is NC(=O)c1cnc(OC2CCCNC2CO)c2cc(-c3ccccc3)sc12. The van der Waals surface area contributed by atoms with Crippen LogP contribution in [0, 0.1) is 0 Å². The number of aliphatic hydroxyl groups is 1. The Morgan fingerprint density at radius 2 is 2.19 bits per heavy atom. The largest absolute Gasteiger partial charge is 0.472 e. The first kappa shape index (κ1) is 17.9. The molecule has 2 aromatic heterocycles. The van der Waals surface area contributed by atoms with Crippen LogP contribution in [-0.4, -0.2) is 41.3 Å². The molecule has 0 aliphatic carbocycles. The number of pyridine rings is 1. The van der Waals surface area contributed by atoms with E-state index in [9.17, 15) is 9.90 Å². The molecule has 0 saturated carbocycles. The molecule has 140 valence electrons. The maximum atomic E-state index is 11.9. The predicted octanol–water partition coefficient (Wildman–Crippen LogP) is 2.55. The van der Waals surface area contributed by atoms with Gasteiger partial charge in [-0.15, -0.1) is 11.3 Å². The first-order valence-electron chi connectivity index (χ1n) is 8.96. The average Bonchev–Trinajstić information content (AvgIpc) is 3.15. The minimum Gasteiger partial charge on any atom is -0.472 e.